The summed E-state index contributed by atoms with van der Waals surface area (Å²) in [6.07, 6.45) is -1.30. The summed E-state index contributed by atoms with van der Waals surface area (Å²) in [4.78, 5) is 23.1. The van der Waals surface area contributed by atoms with Gasteiger partial charge in [-0.3, -0.25) is 4.79 Å². The Hall–Kier alpha value is -4.44. The monoisotopic (exact) mass is 546 g/mol. The predicted octanol–water partition coefficient (Wildman–Crippen LogP) is 5.33. The van der Waals surface area contributed by atoms with Gasteiger partial charge in [0.05, 0.1) is 16.3 Å². The van der Waals surface area contributed by atoms with E-state index in [9.17, 15) is 23.1 Å². The van der Waals surface area contributed by atoms with E-state index in [1.165, 1.54) is 19.1 Å². The van der Waals surface area contributed by atoms with E-state index in [0.29, 0.717) is 4.31 Å². The molecule has 0 saturated carbocycles. The fourth-order valence-electron chi connectivity index (χ4n) is 4.43. The Bertz CT molecular complexity index is 1610. The van der Waals surface area contributed by atoms with E-state index in [4.69, 9.17) is 5.10 Å². The number of rotatable bonds is 8. The first kappa shape index (κ1) is 27.6. The quantitative estimate of drug-likeness (QED) is 0.308. The average Bonchev–Trinajstić information content (AvgIpc) is 3.18. The molecule has 0 atom stereocenters. The van der Waals surface area contributed by atoms with Gasteiger partial charge in [0, 0.05) is 30.4 Å². The van der Waals surface area contributed by atoms with Gasteiger partial charge < -0.3 is 10.4 Å². The Labute approximate surface area is 227 Å². The number of sulfonamides is 1. The zero-order chi connectivity index (χ0) is 28.3. The van der Waals surface area contributed by atoms with Gasteiger partial charge >= 0.3 is 6.09 Å². The van der Waals surface area contributed by atoms with Crippen LogP contribution < -0.4 is 5.32 Å². The predicted molar refractivity (Wildman–Crippen MR) is 150 cm³/mol. The lowest BCUT2D eigenvalue weighted by molar-refractivity contribution is -0.114. The molecule has 1 heterocycles. The number of aryl methyl sites for hydroxylation is 2. The van der Waals surface area contributed by atoms with Crippen molar-refractivity contribution in [2.75, 3.05) is 11.9 Å². The summed E-state index contributed by atoms with van der Waals surface area (Å²) in [5, 5.41) is 17.1. The summed E-state index contributed by atoms with van der Waals surface area (Å²) in [7, 11) is -4.18. The standard InChI is InChI=1S/C29H30N4O5S/c1-19-5-15-27(16-6-19)39(37,38)32(29(35)36)18-17-23-7-13-26(14-8-23)33-21(3)28(20(2)31-33)24-9-11-25(12-10-24)30-22(4)34/h5-16H,17-18H2,1-4H3,(H,30,34)(H,35,36). The van der Waals surface area contributed by atoms with Crippen LogP contribution in [0.15, 0.2) is 77.7 Å². The number of amides is 2. The summed E-state index contributed by atoms with van der Waals surface area (Å²) >= 11 is 0. The molecule has 9 nitrogen and oxygen atoms in total. The minimum atomic E-state index is -4.18. The van der Waals surface area contributed by atoms with Gasteiger partial charge in [0.25, 0.3) is 10.0 Å². The zero-order valence-corrected chi connectivity index (χ0v) is 23.0. The van der Waals surface area contributed by atoms with Crippen molar-refractivity contribution in [1.29, 1.82) is 0 Å². The van der Waals surface area contributed by atoms with Gasteiger partial charge in [0.2, 0.25) is 5.91 Å². The molecule has 0 bridgehead atoms. The van der Waals surface area contributed by atoms with E-state index in [2.05, 4.69) is 5.32 Å². The van der Waals surface area contributed by atoms with Gasteiger partial charge in [0.1, 0.15) is 0 Å². The highest BCUT2D eigenvalue weighted by molar-refractivity contribution is 7.89. The van der Waals surface area contributed by atoms with Crippen LogP contribution in [0.5, 0.6) is 0 Å². The third kappa shape index (κ3) is 6.01. The molecular formula is C29H30N4O5S. The molecule has 0 aliphatic rings. The third-order valence-electron chi connectivity index (χ3n) is 6.39. The van der Waals surface area contributed by atoms with E-state index >= 15 is 0 Å². The minimum absolute atomic E-state index is 0.0593. The summed E-state index contributed by atoms with van der Waals surface area (Å²) in [6.45, 7) is 7.00. The Kier molecular flexibility index (Phi) is 7.87. The number of aromatic nitrogens is 2. The molecule has 1 aromatic heterocycles. The molecular weight excluding hydrogens is 516 g/mol. The molecule has 2 amide bonds. The molecule has 0 spiro atoms. The largest absolute Gasteiger partial charge is 0.464 e. The number of hydrogen-bond acceptors (Lipinski definition) is 5. The lowest BCUT2D eigenvalue weighted by Gasteiger charge is -2.19. The number of nitrogens with zero attached hydrogens (tertiary/aromatic N) is 3. The zero-order valence-electron chi connectivity index (χ0n) is 22.2. The second-order valence-corrected chi connectivity index (χ2v) is 11.2. The van der Waals surface area contributed by atoms with Crippen LogP contribution in [-0.4, -0.2) is 46.2 Å². The lowest BCUT2D eigenvalue weighted by atomic mass is 10.0. The Morgan fingerprint density at radius 2 is 1.54 bits per heavy atom. The van der Waals surface area contributed by atoms with Gasteiger partial charge in [0.15, 0.2) is 0 Å². The number of carbonyl (C=O) groups is 2. The van der Waals surface area contributed by atoms with E-state index in [0.717, 1.165) is 45.0 Å². The molecule has 0 saturated heterocycles. The summed E-state index contributed by atoms with van der Waals surface area (Å²) in [5.74, 6) is -0.130. The SMILES string of the molecule is CC(=O)Nc1ccc(-c2c(C)nn(-c3ccc(CCN(C(=O)O)S(=O)(=O)c4ccc(C)cc4)cc3)c2C)cc1. The first-order valence-corrected chi connectivity index (χ1v) is 13.8. The number of hydrogen-bond donors (Lipinski definition) is 2. The maximum Gasteiger partial charge on any atom is 0.421 e. The molecule has 39 heavy (non-hydrogen) atoms. The fraction of sp³-hybridized carbons (Fsp3) is 0.207. The van der Waals surface area contributed by atoms with Crippen LogP contribution in [-0.2, 0) is 21.2 Å². The first-order valence-electron chi connectivity index (χ1n) is 12.3. The number of carboxylic acid groups (broad SMARTS) is 1. The number of carbonyl (C=O) groups excluding carboxylic acids is 1. The van der Waals surface area contributed by atoms with Crippen LogP contribution in [0, 0.1) is 20.8 Å². The number of nitrogens with one attached hydrogen (secondary N) is 1. The number of benzene rings is 3. The summed E-state index contributed by atoms with van der Waals surface area (Å²) in [6, 6.07) is 21.1. The van der Waals surface area contributed by atoms with Crippen molar-refractivity contribution >= 4 is 27.7 Å². The highest BCUT2D eigenvalue weighted by Crippen LogP contribution is 2.30. The van der Waals surface area contributed by atoms with Crippen LogP contribution in [0.25, 0.3) is 16.8 Å². The molecule has 0 unspecified atom stereocenters. The van der Waals surface area contributed by atoms with Gasteiger partial charge in [-0.25, -0.2) is 22.2 Å². The topological polar surface area (TPSA) is 122 Å². The maximum atomic E-state index is 12.9. The Morgan fingerprint density at radius 1 is 0.923 bits per heavy atom. The van der Waals surface area contributed by atoms with Crippen molar-refractivity contribution in [1.82, 2.24) is 14.1 Å². The first-order chi connectivity index (χ1) is 18.5. The van der Waals surface area contributed by atoms with Crippen molar-refractivity contribution in [2.24, 2.45) is 0 Å². The van der Waals surface area contributed by atoms with Crippen LogP contribution >= 0.6 is 0 Å². The van der Waals surface area contributed by atoms with E-state index in [1.807, 2.05) is 74.0 Å². The van der Waals surface area contributed by atoms with Crippen LogP contribution in [0.2, 0.25) is 0 Å². The number of anilines is 1. The molecule has 4 aromatic rings. The second kappa shape index (κ2) is 11.1. The van der Waals surface area contributed by atoms with Crippen molar-refractivity contribution in [3.8, 4) is 16.8 Å². The minimum Gasteiger partial charge on any atom is -0.464 e. The summed E-state index contributed by atoms with van der Waals surface area (Å²) in [5.41, 5.74) is 6.97. The van der Waals surface area contributed by atoms with Gasteiger partial charge in [-0.2, -0.15) is 5.10 Å². The highest BCUT2D eigenvalue weighted by Gasteiger charge is 2.28. The van der Waals surface area contributed by atoms with Crippen molar-refractivity contribution in [3.05, 3.63) is 95.3 Å². The van der Waals surface area contributed by atoms with Crippen molar-refractivity contribution < 1.29 is 23.1 Å². The molecule has 10 heteroatoms. The van der Waals surface area contributed by atoms with Gasteiger partial charge in [-0.15, -0.1) is 0 Å². The molecule has 202 valence electrons. The third-order valence-corrected chi connectivity index (χ3v) is 8.18. The summed E-state index contributed by atoms with van der Waals surface area (Å²) < 4.78 is 28.1. The smallest absolute Gasteiger partial charge is 0.421 e. The average molecular weight is 547 g/mol. The Balaban J connectivity index is 1.51. The normalized spacial score (nSPS) is 11.3. The van der Waals surface area contributed by atoms with Crippen molar-refractivity contribution in [2.45, 2.75) is 39.0 Å². The molecule has 0 aliphatic heterocycles. The Morgan fingerprint density at radius 3 is 2.10 bits per heavy atom. The molecule has 0 aliphatic carbocycles. The second-order valence-electron chi connectivity index (χ2n) is 9.31. The molecule has 2 N–H and O–H groups in total. The lowest BCUT2D eigenvalue weighted by Crippen LogP contribution is -2.37. The van der Waals surface area contributed by atoms with E-state index < -0.39 is 16.1 Å². The molecule has 4 rings (SSSR count). The molecule has 0 fully saturated rings. The van der Waals surface area contributed by atoms with Crippen LogP contribution in [0.1, 0.15) is 29.4 Å². The van der Waals surface area contributed by atoms with Crippen LogP contribution in [0.4, 0.5) is 10.5 Å². The van der Waals surface area contributed by atoms with Crippen LogP contribution in [0.3, 0.4) is 0 Å². The van der Waals surface area contributed by atoms with E-state index in [-0.39, 0.29) is 23.8 Å². The maximum absolute atomic E-state index is 12.9. The van der Waals surface area contributed by atoms with Crippen molar-refractivity contribution in [3.63, 3.8) is 0 Å². The highest BCUT2D eigenvalue weighted by atomic mass is 32.2. The van der Waals surface area contributed by atoms with E-state index in [1.54, 1.807) is 12.1 Å². The van der Waals surface area contributed by atoms with Gasteiger partial charge in [-0.05, 0) is 74.7 Å². The van der Waals surface area contributed by atoms with Gasteiger partial charge in [-0.1, -0.05) is 42.0 Å². The fourth-order valence-corrected chi connectivity index (χ4v) is 5.70. The molecule has 3 aromatic carbocycles. The molecule has 0 radical (unpaired) electrons.